The molecule has 0 aliphatic rings. The van der Waals surface area contributed by atoms with Crippen molar-refractivity contribution < 1.29 is 4.39 Å². The summed E-state index contributed by atoms with van der Waals surface area (Å²) in [6.45, 7) is 1.80. The highest BCUT2D eigenvalue weighted by Gasteiger charge is 2.05. The summed E-state index contributed by atoms with van der Waals surface area (Å²) in [6, 6.07) is 6.08. The molecular weight excluding hydrogens is 308 g/mol. The van der Waals surface area contributed by atoms with E-state index < -0.39 is 0 Å². The zero-order valence-electron chi connectivity index (χ0n) is 8.84. The SMILES string of the molecule is Cc1cc(Nc2cc(F)ccc2Br)nc(Cl)n1. The van der Waals surface area contributed by atoms with Crippen LogP contribution in [0.3, 0.4) is 0 Å². The van der Waals surface area contributed by atoms with Gasteiger partial charge in [0.1, 0.15) is 11.6 Å². The van der Waals surface area contributed by atoms with Crippen molar-refractivity contribution >= 4 is 39.0 Å². The molecule has 1 N–H and O–H groups in total. The van der Waals surface area contributed by atoms with Crippen LogP contribution in [0.5, 0.6) is 0 Å². The first-order valence-corrected chi connectivity index (χ1v) is 5.95. The monoisotopic (exact) mass is 315 g/mol. The fourth-order valence-corrected chi connectivity index (χ4v) is 1.90. The van der Waals surface area contributed by atoms with Gasteiger partial charge in [-0.05, 0) is 52.7 Å². The molecule has 6 heteroatoms. The lowest BCUT2D eigenvalue weighted by Gasteiger charge is -2.08. The number of hydrogen-bond acceptors (Lipinski definition) is 3. The molecule has 17 heavy (non-hydrogen) atoms. The number of rotatable bonds is 2. The van der Waals surface area contributed by atoms with Crippen molar-refractivity contribution in [2.24, 2.45) is 0 Å². The smallest absolute Gasteiger partial charge is 0.224 e. The Labute approximate surface area is 111 Å². The molecule has 0 bridgehead atoms. The molecule has 0 aliphatic carbocycles. The van der Waals surface area contributed by atoms with E-state index in [1.807, 2.05) is 0 Å². The number of hydrogen-bond donors (Lipinski definition) is 1. The predicted molar refractivity (Wildman–Crippen MR) is 69.2 cm³/mol. The molecule has 0 fully saturated rings. The van der Waals surface area contributed by atoms with Gasteiger partial charge < -0.3 is 5.32 Å². The van der Waals surface area contributed by atoms with E-state index in [1.165, 1.54) is 12.1 Å². The second-order valence-corrected chi connectivity index (χ2v) is 4.61. The van der Waals surface area contributed by atoms with Crippen LogP contribution < -0.4 is 5.32 Å². The van der Waals surface area contributed by atoms with Crippen LogP contribution in [0.15, 0.2) is 28.7 Å². The molecule has 1 heterocycles. The number of aryl methyl sites for hydroxylation is 1. The van der Waals surface area contributed by atoms with E-state index in [4.69, 9.17) is 11.6 Å². The molecule has 88 valence electrons. The number of nitrogens with zero attached hydrogens (tertiary/aromatic N) is 2. The second kappa shape index (κ2) is 4.98. The van der Waals surface area contributed by atoms with E-state index in [0.717, 1.165) is 10.2 Å². The minimum Gasteiger partial charge on any atom is -0.339 e. The fourth-order valence-electron chi connectivity index (χ4n) is 1.33. The van der Waals surface area contributed by atoms with Crippen LogP contribution in [0.25, 0.3) is 0 Å². The van der Waals surface area contributed by atoms with Gasteiger partial charge in [0.25, 0.3) is 0 Å². The summed E-state index contributed by atoms with van der Waals surface area (Å²) in [7, 11) is 0. The third kappa shape index (κ3) is 3.14. The Hall–Kier alpha value is -1.20. The first-order valence-electron chi connectivity index (χ1n) is 4.78. The Morgan fingerprint density at radius 2 is 2.06 bits per heavy atom. The minimum absolute atomic E-state index is 0.153. The van der Waals surface area contributed by atoms with Crippen LogP contribution in [0, 0.1) is 12.7 Å². The molecule has 0 spiro atoms. The van der Waals surface area contributed by atoms with E-state index >= 15 is 0 Å². The molecule has 0 radical (unpaired) electrons. The fraction of sp³-hybridized carbons (Fsp3) is 0.0909. The molecular formula is C11H8BrClFN3. The summed E-state index contributed by atoms with van der Waals surface area (Å²) in [5, 5.41) is 3.13. The van der Waals surface area contributed by atoms with Gasteiger partial charge in [0.2, 0.25) is 5.28 Å². The van der Waals surface area contributed by atoms with E-state index in [9.17, 15) is 4.39 Å². The van der Waals surface area contributed by atoms with Crippen LogP contribution in [-0.4, -0.2) is 9.97 Å². The lowest BCUT2D eigenvalue weighted by atomic mass is 10.3. The van der Waals surface area contributed by atoms with Crippen molar-refractivity contribution in [2.45, 2.75) is 6.92 Å². The minimum atomic E-state index is -0.326. The van der Waals surface area contributed by atoms with Crippen LogP contribution in [0.4, 0.5) is 15.9 Å². The van der Waals surface area contributed by atoms with Crippen molar-refractivity contribution in [2.75, 3.05) is 5.32 Å². The number of aromatic nitrogens is 2. The van der Waals surface area contributed by atoms with Gasteiger partial charge in [-0.1, -0.05) is 0 Å². The maximum atomic E-state index is 13.1. The molecule has 1 aromatic carbocycles. The Morgan fingerprint density at radius 3 is 2.76 bits per heavy atom. The van der Waals surface area contributed by atoms with Crippen LogP contribution in [0.1, 0.15) is 5.69 Å². The molecule has 0 unspecified atom stereocenters. The average Bonchev–Trinajstić information content (AvgIpc) is 2.22. The average molecular weight is 317 g/mol. The number of halogens is 3. The van der Waals surface area contributed by atoms with Crippen molar-refractivity contribution in [1.29, 1.82) is 0 Å². The Balaban J connectivity index is 2.34. The zero-order chi connectivity index (χ0) is 12.4. The Bertz CT molecular complexity index is 542. The van der Waals surface area contributed by atoms with Gasteiger partial charge in [-0.2, -0.15) is 0 Å². The van der Waals surface area contributed by atoms with E-state index in [2.05, 4.69) is 31.2 Å². The first-order chi connectivity index (χ1) is 8.04. The molecule has 0 aliphatic heterocycles. The molecule has 1 aromatic heterocycles. The van der Waals surface area contributed by atoms with Crippen molar-refractivity contribution in [1.82, 2.24) is 9.97 Å². The number of benzene rings is 1. The predicted octanol–water partition coefficient (Wildman–Crippen LogP) is 4.08. The standard InChI is InChI=1S/C11H8BrClFN3/c1-6-4-10(17-11(13)15-6)16-9-5-7(14)2-3-8(9)12/h2-5H,1H3,(H,15,16,17). The van der Waals surface area contributed by atoms with Crippen molar-refractivity contribution in [3.63, 3.8) is 0 Å². The van der Waals surface area contributed by atoms with Gasteiger partial charge in [-0.25, -0.2) is 14.4 Å². The highest BCUT2D eigenvalue weighted by atomic mass is 79.9. The third-order valence-electron chi connectivity index (χ3n) is 2.02. The summed E-state index contributed by atoms with van der Waals surface area (Å²) < 4.78 is 13.8. The summed E-state index contributed by atoms with van der Waals surface area (Å²) >= 11 is 9.06. The molecule has 3 nitrogen and oxygen atoms in total. The largest absolute Gasteiger partial charge is 0.339 e. The second-order valence-electron chi connectivity index (χ2n) is 3.41. The van der Waals surface area contributed by atoms with Crippen molar-refractivity contribution in [3.8, 4) is 0 Å². The van der Waals surface area contributed by atoms with E-state index in [-0.39, 0.29) is 11.1 Å². The highest BCUT2D eigenvalue weighted by Crippen LogP contribution is 2.26. The lowest BCUT2D eigenvalue weighted by Crippen LogP contribution is -1.97. The zero-order valence-corrected chi connectivity index (χ0v) is 11.2. The topological polar surface area (TPSA) is 37.8 Å². The Kier molecular flexibility index (Phi) is 3.59. The maximum absolute atomic E-state index is 13.1. The summed E-state index contributed by atoms with van der Waals surface area (Å²) in [4.78, 5) is 7.94. The Morgan fingerprint density at radius 1 is 1.29 bits per heavy atom. The number of anilines is 2. The van der Waals surface area contributed by atoms with Crippen molar-refractivity contribution in [3.05, 3.63) is 45.5 Å². The lowest BCUT2D eigenvalue weighted by molar-refractivity contribution is 0.628. The molecule has 0 saturated carbocycles. The normalized spacial score (nSPS) is 10.4. The quantitative estimate of drug-likeness (QED) is 0.848. The van der Waals surface area contributed by atoms with Gasteiger partial charge in [0, 0.05) is 16.2 Å². The van der Waals surface area contributed by atoms with Crippen LogP contribution in [-0.2, 0) is 0 Å². The first kappa shape index (κ1) is 12.3. The molecule has 2 rings (SSSR count). The molecule has 0 amide bonds. The summed E-state index contributed by atoms with van der Waals surface area (Å²) in [6.07, 6.45) is 0. The number of nitrogens with one attached hydrogen (secondary N) is 1. The summed E-state index contributed by atoms with van der Waals surface area (Å²) in [5.41, 5.74) is 1.32. The van der Waals surface area contributed by atoms with Gasteiger partial charge in [-0.3, -0.25) is 0 Å². The highest BCUT2D eigenvalue weighted by molar-refractivity contribution is 9.10. The van der Waals surface area contributed by atoms with Gasteiger partial charge >= 0.3 is 0 Å². The van der Waals surface area contributed by atoms with Gasteiger partial charge in [-0.15, -0.1) is 0 Å². The van der Waals surface area contributed by atoms with Gasteiger partial charge in [0.15, 0.2) is 0 Å². The molecule has 0 saturated heterocycles. The summed E-state index contributed by atoms with van der Waals surface area (Å²) in [5.74, 6) is 0.196. The third-order valence-corrected chi connectivity index (χ3v) is 2.88. The molecule has 0 atom stereocenters. The van der Waals surface area contributed by atoms with E-state index in [0.29, 0.717) is 11.5 Å². The van der Waals surface area contributed by atoms with Crippen LogP contribution in [0.2, 0.25) is 5.28 Å². The maximum Gasteiger partial charge on any atom is 0.224 e. The molecule has 2 aromatic rings. The van der Waals surface area contributed by atoms with Gasteiger partial charge in [0.05, 0.1) is 5.69 Å². The van der Waals surface area contributed by atoms with Crippen LogP contribution >= 0.6 is 27.5 Å². The van der Waals surface area contributed by atoms with E-state index in [1.54, 1.807) is 19.1 Å².